The van der Waals surface area contributed by atoms with E-state index < -0.39 is 5.97 Å². The van der Waals surface area contributed by atoms with E-state index >= 15 is 0 Å². The number of hydrogen-bond donors (Lipinski definition) is 3. The molecule has 23 heavy (non-hydrogen) atoms. The van der Waals surface area contributed by atoms with Crippen LogP contribution in [0.1, 0.15) is 36.4 Å². The molecule has 1 atom stereocenters. The molecule has 0 saturated carbocycles. The summed E-state index contributed by atoms with van der Waals surface area (Å²) in [4.78, 5) is 11.2. The Morgan fingerprint density at radius 1 is 1.43 bits per heavy atom. The Morgan fingerprint density at radius 2 is 2.26 bits per heavy atom. The fraction of sp³-hybridized carbons (Fsp3) is 0.412. The normalized spacial score (nSPS) is 17.0. The van der Waals surface area contributed by atoms with Gasteiger partial charge < -0.3 is 15.9 Å². The summed E-state index contributed by atoms with van der Waals surface area (Å²) in [7, 11) is 0. The summed E-state index contributed by atoms with van der Waals surface area (Å²) in [6.07, 6.45) is 2.76. The van der Waals surface area contributed by atoms with Crippen molar-refractivity contribution in [3.05, 3.63) is 35.5 Å². The zero-order valence-electron chi connectivity index (χ0n) is 12.9. The number of nitrogens with zero attached hydrogens (tertiary/aromatic N) is 2. The summed E-state index contributed by atoms with van der Waals surface area (Å²) in [5.41, 5.74) is 10.3. The average molecular weight is 315 g/mol. The van der Waals surface area contributed by atoms with Crippen LogP contribution in [0.25, 0.3) is 11.3 Å². The van der Waals surface area contributed by atoms with Crippen molar-refractivity contribution in [2.75, 3.05) is 12.3 Å². The molecular formula is C17H21N3O3. The number of aliphatic hydroxyl groups excluding tert-OH is 1. The van der Waals surface area contributed by atoms with Gasteiger partial charge in [-0.3, -0.25) is 9.48 Å². The predicted octanol–water partition coefficient (Wildman–Crippen LogP) is 2.02. The van der Waals surface area contributed by atoms with Crippen LogP contribution in [0.15, 0.2) is 24.3 Å². The highest BCUT2D eigenvalue weighted by molar-refractivity contribution is 5.72. The minimum Gasteiger partial charge on any atom is -0.481 e. The summed E-state index contributed by atoms with van der Waals surface area (Å²) < 4.78 is 1.82. The van der Waals surface area contributed by atoms with E-state index in [1.165, 1.54) is 0 Å². The van der Waals surface area contributed by atoms with Crippen LogP contribution in [0.5, 0.6) is 0 Å². The van der Waals surface area contributed by atoms with Crippen molar-refractivity contribution in [2.24, 2.45) is 0 Å². The van der Waals surface area contributed by atoms with Crippen LogP contribution < -0.4 is 5.73 Å². The average Bonchev–Trinajstić information content (AvgIpc) is 2.87. The van der Waals surface area contributed by atoms with Crippen LogP contribution >= 0.6 is 0 Å². The molecule has 6 nitrogen and oxygen atoms in total. The third-order valence-electron chi connectivity index (χ3n) is 4.37. The van der Waals surface area contributed by atoms with E-state index in [-0.39, 0.29) is 18.9 Å². The van der Waals surface area contributed by atoms with Crippen molar-refractivity contribution in [2.45, 2.75) is 38.1 Å². The number of rotatable bonds is 5. The lowest BCUT2D eigenvalue weighted by Crippen LogP contribution is -2.16. The molecule has 0 radical (unpaired) electrons. The number of carboxylic acid groups (broad SMARTS) is 1. The number of aliphatic hydroxyl groups is 1. The number of hydrogen-bond acceptors (Lipinski definition) is 4. The predicted molar refractivity (Wildman–Crippen MR) is 87.1 cm³/mol. The van der Waals surface area contributed by atoms with E-state index in [1.807, 2.05) is 28.9 Å². The molecule has 1 aromatic carbocycles. The maximum absolute atomic E-state index is 11.2. The second-order valence-electron chi connectivity index (χ2n) is 5.97. The zero-order chi connectivity index (χ0) is 16.4. The molecule has 0 fully saturated rings. The fourth-order valence-corrected chi connectivity index (χ4v) is 3.46. The Bertz CT molecular complexity index is 724. The van der Waals surface area contributed by atoms with Crippen LogP contribution in [0, 0.1) is 0 Å². The summed E-state index contributed by atoms with van der Waals surface area (Å²) in [5.74, 6) is -0.837. The number of anilines is 1. The Kier molecular flexibility index (Phi) is 4.34. The summed E-state index contributed by atoms with van der Waals surface area (Å²) >= 11 is 0. The van der Waals surface area contributed by atoms with Crippen LogP contribution in [0.4, 0.5) is 5.69 Å². The maximum atomic E-state index is 11.2. The smallest absolute Gasteiger partial charge is 0.303 e. The van der Waals surface area contributed by atoms with Crippen LogP contribution in [-0.4, -0.2) is 32.6 Å². The minimum atomic E-state index is -0.795. The number of aliphatic carboxylic acids is 1. The largest absolute Gasteiger partial charge is 0.481 e. The lowest BCUT2D eigenvalue weighted by Gasteiger charge is -2.23. The van der Waals surface area contributed by atoms with Crippen molar-refractivity contribution >= 4 is 11.7 Å². The van der Waals surface area contributed by atoms with Gasteiger partial charge in [-0.2, -0.15) is 5.10 Å². The van der Waals surface area contributed by atoms with E-state index in [9.17, 15) is 15.0 Å². The molecule has 1 unspecified atom stereocenters. The number of aromatic nitrogens is 2. The van der Waals surface area contributed by atoms with Gasteiger partial charge in [-0.15, -0.1) is 0 Å². The highest BCUT2D eigenvalue weighted by atomic mass is 16.4. The topological polar surface area (TPSA) is 101 Å². The second kappa shape index (κ2) is 6.42. The Balaban J connectivity index is 2.13. The van der Waals surface area contributed by atoms with Crippen LogP contribution in [0.3, 0.4) is 0 Å². The first-order valence-corrected chi connectivity index (χ1v) is 7.88. The van der Waals surface area contributed by atoms with Crippen LogP contribution in [-0.2, 0) is 17.8 Å². The Morgan fingerprint density at radius 3 is 2.96 bits per heavy atom. The third-order valence-corrected chi connectivity index (χ3v) is 4.37. The number of nitrogens with two attached hydrogens (primary N) is 1. The molecule has 4 N–H and O–H groups in total. The molecule has 1 heterocycles. The van der Waals surface area contributed by atoms with E-state index in [4.69, 9.17) is 5.73 Å². The van der Waals surface area contributed by atoms with Gasteiger partial charge in [0.1, 0.15) is 0 Å². The van der Waals surface area contributed by atoms with E-state index in [0.29, 0.717) is 12.2 Å². The van der Waals surface area contributed by atoms with Gasteiger partial charge >= 0.3 is 5.97 Å². The standard InChI is InChI=1S/C17H21N3O3/c18-13-5-1-4-12(9-13)17-16-11(10-15(22)23)3-2-6-14(16)20(19-17)7-8-21/h1,4-5,9,11,21H,2-3,6-8,10,18H2,(H,22,23). The van der Waals surface area contributed by atoms with Crippen molar-refractivity contribution in [3.8, 4) is 11.3 Å². The minimum absolute atomic E-state index is 0.00802. The van der Waals surface area contributed by atoms with Gasteiger partial charge in [0, 0.05) is 22.5 Å². The van der Waals surface area contributed by atoms with E-state index in [1.54, 1.807) is 0 Å². The molecule has 0 saturated heterocycles. The number of fused-ring (bicyclic) bond motifs is 1. The molecule has 3 rings (SSSR count). The number of carboxylic acids is 1. The van der Waals surface area contributed by atoms with Crippen LogP contribution in [0.2, 0.25) is 0 Å². The molecule has 1 aliphatic rings. The third kappa shape index (κ3) is 3.07. The monoisotopic (exact) mass is 315 g/mol. The quantitative estimate of drug-likeness (QED) is 0.733. The molecular weight excluding hydrogens is 294 g/mol. The van der Waals surface area contributed by atoms with Crippen molar-refractivity contribution in [1.29, 1.82) is 0 Å². The molecule has 0 amide bonds. The molecule has 0 bridgehead atoms. The number of carbonyl (C=O) groups is 1. The van der Waals surface area contributed by atoms with Gasteiger partial charge in [0.15, 0.2) is 0 Å². The first-order chi connectivity index (χ1) is 11.1. The molecule has 0 aliphatic heterocycles. The van der Waals surface area contributed by atoms with E-state index in [2.05, 4.69) is 5.10 Å². The number of nitrogen functional groups attached to an aromatic ring is 1. The van der Waals surface area contributed by atoms with Gasteiger partial charge in [-0.25, -0.2) is 0 Å². The van der Waals surface area contributed by atoms with Gasteiger partial charge in [-0.05, 0) is 37.3 Å². The molecule has 122 valence electrons. The van der Waals surface area contributed by atoms with Crippen molar-refractivity contribution in [1.82, 2.24) is 9.78 Å². The van der Waals surface area contributed by atoms with Gasteiger partial charge in [0.05, 0.1) is 25.3 Å². The van der Waals surface area contributed by atoms with Gasteiger partial charge in [0.25, 0.3) is 0 Å². The number of benzene rings is 1. The molecule has 1 aromatic heterocycles. The summed E-state index contributed by atoms with van der Waals surface area (Å²) in [5, 5.41) is 23.2. The first kappa shape index (κ1) is 15.6. The highest BCUT2D eigenvalue weighted by Gasteiger charge is 2.30. The van der Waals surface area contributed by atoms with Crippen molar-refractivity contribution in [3.63, 3.8) is 0 Å². The second-order valence-corrected chi connectivity index (χ2v) is 5.97. The fourth-order valence-electron chi connectivity index (χ4n) is 3.46. The highest BCUT2D eigenvalue weighted by Crippen LogP contribution is 2.40. The summed E-state index contributed by atoms with van der Waals surface area (Å²) in [6, 6.07) is 7.49. The molecule has 0 spiro atoms. The SMILES string of the molecule is Nc1cccc(-c2nn(CCO)c3c2C(CC(=O)O)CCC3)c1. The molecule has 1 aliphatic carbocycles. The molecule has 2 aromatic rings. The first-order valence-electron chi connectivity index (χ1n) is 7.88. The van der Waals surface area contributed by atoms with Gasteiger partial charge in [0.2, 0.25) is 0 Å². The Hall–Kier alpha value is -2.34. The van der Waals surface area contributed by atoms with Crippen molar-refractivity contribution < 1.29 is 15.0 Å². The zero-order valence-corrected chi connectivity index (χ0v) is 12.9. The molecule has 6 heteroatoms. The lowest BCUT2D eigenvalue weighted by molar-refractivity contribution is -0.137. The van der Waals surface area contributed by atoms with E-state index in [0.717, 1.165) is 41.8 Å². The Labute approximate surface area is 134 Å². The van der Waals surface area contributed by atoms with Gasteiger partial charge in [-0.1, -0.05) is 12.1 Å². The summed E-state index contributed by atoms with van der Waals surface area (Å²) in [6.45, 7) is 0.429. The maximum Gasteiger partial charge on any atom is 0.303 e. The lowest BCUT2D eigenvalue weighted by atomic mass is 9.82.